The fraction of sp³-hybridized carbons (Fsp3) is 0.400. The molecule has 1 unspecified atom stereocenters. The maximum absolute atomic E-state index is 11.2. The van der Waals surface area contributed by atoms with Crippen molar-refractivity contribution in [3.05, 3.63) is 35.2 Å². The number of carboxylic acid groups (broad SMARTS) is 1. The molecule has 6 heteroatoms. The first-order valence-electron chi connectivity index (χ1n) is 7.07. The van der Waals surface area contributed by atoms with Gasteiger partial charge in [-0.05, 0) is 23.6 Å². The normalized spacial score (nSPS) is 20.1. The van der Waals surface area contributed by atoms with Gasteiger partial charge in [-0.2, -0.15) is 0 Å². The summed E-state index contributed by atoms with van der Waals surface area (Å²) < 4.78 is 7.37. The second-order valence-electron chi connectivity index (χ2n) is 5.60. The van der Waals surface area contributed by atoms with Crippen LogP contribution in [0.2, 0.25) is 0 Å². The Bertz CT molecular complexity index is 723. The molecule has 2 aliphatic rings. The van der Waals surface area contributed by atoms with E-state index in [4.69, 9.17) is 4.74 Å². The third-order valence-electron chi connectivity index (χ3n) is 4.28. The van der Waals surface area contributed by atoms with Crippen LogP contribution in [0.3, 0.4) is 0 Å². The van der Waals surface area contributed by atoms with Crippen LogP contribution in [0.1, 0.15) is 23.4 Å². The molecule has 108 valence electrons. The molecule has 21 heavy (non-hydrogen) atoms. The highest BCUT2D eigenvalue weighted by molar-refractivity contribution is 5.70. The third kappa shape index (κ3) is 2.03. The first-order valence-corrected chi connectivity index (χ1v) is 7.07. The van der Waals surface area contributed by atoms with E-state index in [2.05, 4.69) is 22.3 Å². The van der Waals surface area contributed by atoms with Gasteiger partial charge in [0.1, 0.15) is 5.82 Å². The van der Waals surface area contributed by atoms with E-state index < -0.39 is 5.97 Å². The number of rotatable bonds is 2. The van der Waals surface area contributed by atoms with Gasteiger partial charge in [0.05, 0.1) is 19.1 Å². The Hall–Kier alpha value is -2.21. The van der Waals surface area contributed by atoms with Crippen molar-refractivity contribution in [2.75, 3.05) is 0 Å². The quantitative estimate of drug-likeness (QED) is 0.907. The number of carbonyl (C=O) groups is 1. The first kappa shape index (κ1) is 12.5. The summed E-state index contributed by atoms with van der Waals surface area (Å²) in [4.78, 5) is 11.2. The van der Waals surface area contributed by atoms with Crippen molar-refractivity contribution in [2.24, 2.45) is 5.92 Å². The number of aliphatic carboxylic acids is 1. The van der Waals surface area contributed by atoms with Gasteiger partial charge in [0.2, 0.25) is 0 Å². The lowest BCUT2D eigenvalue weighted by molar-refractivity contribution is -0.142. The molecule has 3 heterocycles. The average molecular weight is 285 g/mol. The second-order valence-corrected chi connectivity index (χ2v) is 5.60. The van der Waals surface area contributed by atoms with Crippen LogP contribution in [-0.2, 0) is 35.7 Å². The second kappa shape index (κ2) is 4.66. The summed E-state index contributed by atoms with van der Waals surface area (Å²) in [5, 5.41) is 17.7. The molecule has 6 nitrogen and oxygen atoms in total. The van der Waals surface area contributed by atoms with E-state index in [1.165, 1.54) is 11.1 Å². The molecular formula is C15H15N3O3. The van der Waals surface area contributed by atoms with Crippen LogP contribution in [0, 0.1) is 5.92 Å². The molecule has 1 aromatic carbocycles. The average Bonchev–Trinajstić information content (AvgIpc) is 3.12. The highest BCUT2D eigenvalue weighted by Gasteiger charge is 2.28. The number of carboxylic acids is 1. The van der Waals surface area contributed by atoms with Crippen LogP contribution in [0.4, 0.5) is 0 Å². The number of aryl methyl sites for hydroxylation is 1. The Morgan fingerprint density at radius 2 is 2.14 bits per heavy atom. The Balaban J connectivity index is 1.74. The minimum Gasteiger partial charge on any atom is -0.481 e. The van der Waals surface area contributed by atoms with Gasteiger partial charge in [-0.1, -0.05) is 12.1 Å². The van der Waals surface area contributed by atoms with Crippen molar-refractivity contribution in [1.82, 2.24) is 14.8 Å². The van der Waals surface area contributed by atoms with Gasteiger partial charge in [0.25, 0.3) is 0 Å². The molecule has 1 atom stereocenters. The molecule has 1 aromatic heterocycles. The molecule has 0 saturated carbocycles. The summed E-state index contributed by atoms with van der Waals surface area (Å²) in [6, 6.07) is 6.13. The van der Waals surface area contributed by atoms with Crippen molar-refractivity contribution in [1.29, 1.82) is 0 Å². The van der Waals surface area contributed by atoms with Crippen LogP contribution >= 0.6 is 0 Å². The summed E-state index contributed by atoms with van der Waals surface area (Å²) in [5.41, 5.74) is 3.36. The van der Waals surface area contributed by atoms with E-state index in [-0.39, 0.29) is 5.92 Å². The van der Waals surface area contributed by atoms with Crippen molar-refractivity contribution >= 4 is 5.97 Å². The summed E-state index contributed by atoms with van der Waals surface area (Å²) in [6.45, 7) is 1.73. The van der Waals surface area contributed by atoms with Crippen LogP contribution in [0.15, 0.2) is 18.2 Å². The largest absolute Gasteiger partial charge is 0.481 e. The number of benzene rings is 1. The summed E-state index contributed by atoms with van der Waals surface area (Å²) in [6.07, 6.45) is 1.30. The molecular weight excluding hydrogens is 270 g/mol. The van der Waals surface area contributed by atoms with Gasteiger partial charge in [-0.15, -0.1) is 10.2 Å². The van der Waals surface area contributed by atoms with E-state index in [1.807, 2.05) is 10.6 Å². The van der Waals surface area contributed by atoms with Gasteiger partial charge < -0.3 is 14.4 Å². The Labute approximate surface area is 121 Å². The summed E-state index contributed by atoms with van der Waals surface area (Å²) in [7, 11) is 0. The zero-order chi connectivity index (χ0) is 14.4. The SMILES string of the molecule is O=C(O)C1CCc2nnc(-c3ccc4c(c3)COC4)n2C1. The smallest absolute Gasteiger partial charge is 0.308 e. The fourth-order valence-electron chi connectivity index (χ4n) is 3.05. The molecule has 2 aromatic rings. The Morgan fingerprint density at radius 1 is 1.29 bits per heavy atom. The van der Waals surface area contributed by atoms with Crippen molar-refractivity contribution in [2.45, 2.75) is 32.6 Å². The lowest BCUT2D eigenvalue weighted by atomic mass is 9.99. The zero-order valence-corrected chi connectivity index (χ0v) is 11.5. The van der Waals surface area contributed by atoms with Crippen LogP contribution in [-0.4, -0.2) is 25.8 Å². The van der Waals surface area contributed by atoms with Gasteiger partial charge in [-0.25, -0.2) is 0 Å². The topological polar surface area (TPSA) is 77.2 Å². The molecule has 2 aliphatic heterocycles. The van der Waals surface area contributed by atoms with E-state index in [1.54, 1.807) is 0 Å². The molecule has 0 aliphatic carbocycles. The van der Waals surface area contributed by atoms with Gasteiger partial charge in [0.15, 0.2) is 5.82 Å². The monoisotopic (exact) mass is 285 g/mol. The lowest BCUT2D eigenvalue weighted by Crippen LogP contribution is -2.27. The number of nitrogens with zero attached hydrogens (tertiary/aromatic N) is 3. The van der Waals surface area contributed by atoms with Gasteiger partial charge in [-0.3, -0.25) is 4.79 Å². The number of ether oxygens (including phenoxy) is 1. The number of hydrogen-bond donors (Lipinski definition) is 1. The molecule has 0 spiro atoms. The van der Waals surface area contributed by atoms with Crippen LogP contribution in [0.25, 0.3) is 11.4 Å². The summed E-state index contributed by atoms with van der Waals surface area (Å²) >= 11 is 0. The van der Waals surface area contributed by atoms with E-state index in [0.717, 1.165) is 17.2 Å². The molecule has 0 saturated heterocycles. The molecule has 0 amide bonds. The number of hydrogen-bond acceptors (Lipinski definition) is 4. The number of aromatic nitrogens is 3. The lowest BCUT2D eigenvalue weighted by Gasteiger charge is -2.21. The van der Waals surface area contributed by atoms with Crippen molar-refractivity contribution in [3.63, 3.8) is 0 Å². The molecule has 1 N–H and O–H groups in total. The molecule has 0 radical (unpaired) electrons. The highest BCUT2D eigenvalue weighted by Crippen LogP contribution is 2.29. The van der Waals surface area contributed by atoms with E-state index >= 15 is 0 Å². The predicted octanol–water partition coefficient (Wildman–Crippen LogP) is 1.62. The standard InChI is InChI=1S/C15H15N3O3/c19-15(20)10-3-4-13-16-17-14(18(13)6-10)9-1-2-11-7-21-8-12(11)5-9/h1-2,5,10H,3-4,6-8H2,(H,19,20). The predicted molar refractivity (Wildman–Crippen MR) is 73.4 cm³/mol. The first-order chi connectivity index (χ1) is 10.2. The van der Waals surface area contributed by atoms with Gasteiger partial charge in [0, 0.05) is 18.5 Å². The Morgan fingerprint density at radius 3 is 3.00 bits per heavy atom. The highest BCUT2D eigenvalue weighted by atomic mass is 16.5. The molecule has 0 fully saturated rings. The molecule has 4 rings (SSSR count). The van der Waals surface area contributed by atoms with Crippen molar-refractivity contribution < 1.29 is 14.6 Å². The third-order valence-corrected chi connectivity index (χ3v) is 4.28. The van der Waals surface area contributed by atoms with Crippen LogP contribution < -0.4 is 0 Å². The number of fused-ring (bicyclic) bond motifs is 2. The zero-order valence-electron chi connectivity index (χ0n) is 11.5. The maximum Gasteiger partial charge on any atom is 0.308 e. The minimum absolute atomic E-state index is 0.356. The minimum atomic E-state index is -0.748. The van der Waals surface area contributed by atoms with Crippen molar-refractivity contribution in [3.8, 4) is 11.4 Å². The van der Waals surface area contributed by atoms with E-state index in [0.29, 0.717) is 32.6 Å². The van der Waals surface area contributed by atoms with E-state index in [9.17, 15) is 9.90 Å². The van der Waals surface area contributed by atoms with Crippen LogP contribution in [0.5, 0.6) is 0 Å². The fourth-order valence-corrected chi connectivity index (χ4v) is 3.05. The Kier molecular flexibility index (Phi) is 2.78. The summed E-state index contributed by atoms with van der Waals surface area (Å²) in [5.74, 6) is 0.526. The maximum atomic E-state index is 11.2. The van der Waals surface area contributed by atoms with Gasteiger partial charge >= 0.3 is 5.97 Å². The molecule has 0 bridgehead atoms.